The molecule has 0 atom stereocenters. The van der Waals surface area contributed by atoms with Crippen molar-refractivity contribution >= 4 is 29.2 Å². The first kappa shape index (κ1) is 15.2. The van der Waals surface area contributed by atoms with E-state index in [9.17, 15) is 14.0 Å². The van der Waals surface area contributed by atoms with Crippen LogP contribution in [0, 0.1) is 5.82 Å². The maximum Gasteiger partial charge on any atom is 0.305 e. The number of carbonyl (C=O) groups is 2. The van der Waals surface area contributed by atoms with Crippen molar-refractivity contribution in [3.05, 3.63) is 28.5 Å². The van der Waals surface area contributed by atoms with Crippen molar-refractivity contribution in [2.24, 2.45) is 0 Å². The van der Waals surface area contributed by atoms with E-state index in [0.29, 0.717) is 6.42 Å². The molecule has 0 heterocycles. The number of nitrogen functional groups attached to an aromatic ring is 1. The molecule has 0 aliphatic carbocycles. The maximum atomic E-state index is 13.3. The molecule has 1 aromatic rings. The van der Waals surface area contributed by atoms with Gasteiger partial charge in [0, 0.05) is 18.0 Å². The van der Waals surface area contributed by atoms with Gasteiger partial charge in [0.1, 0.15) is 5.82 Å². The summed E-state index contributed by atoms with van der Waals surface area (Å²) >= 11 is 5.65. The highest BCUT2D eigenvalue weighted by atomic mass is 35.5. The lowest BCUT2D eigenvalue weighted by atomic mass is 10.1. The summed E-state index contributed by atoms with van der Waals surface area (Å²) in [5, 5.41) is 2.61. The van der Waals surface area contributed by atoms with Crippen LogP contribution in [0.5, 0.6) is 0 Å². The minimum atomic E-state index is -0.743. The molecule has 0 radical (unpaired) electrons. The summed E-state index contributed by atoms with van der Waals surface area (Å²) in [5.41, 5.74) is 5.18. The first-order valence-corrected chi connectivity index (χ1v) is 5.93. The number of halogens is 2. The first-order valence-electron chi connectivity index (χ1n) is 5.55. The van der Waals surface area contributed by atoms with Gasteiger partial charge in [-0.3, -0.25) is 9.59 Å². The lowest BCUT2D eigenvalue weighted by molar-refractivity contribution is -0.140. The van der Waals surface area contributed by atoms with Crippen molar-refractivity contribution in [2.45, 2.75) is 12.8 Å². The molecule has 0 spiro atoms. The van der Waals surface area contributed by atoms with Gasteiger partial charge in [0.25, 0.3) is 5.91 Å². The van der Waals surface area contributed by atoms with E-state index in [1.54, 1.807) is 0 Å². The molecule has 0 saturated carbocycles. The van der Waals surface area contributed by atoms with Crippen LogP contribution in [0.15, 0.2) is 12.1 Å². The molecule has 19 heavy (non-hydrogen) atoms. The summed E-state index contributed by atoms with van der Waals surface area (Å²) < 4.78 is 17.7. The Bertz CT molecular complexity index is 494. The minimum absolute atomic E-state index is 0.0249. The molecule has 0 aliphatic heterocycles. The quantitative estimate of drug-likeness (QED) is 0.491. The molecule has 1 aromatic carbocycles. The van der Waals surface area contributed by atoms with E-state index < -0.39 is 11.7 Å². The maximum absolute atomic E-state index is 13.3. The fourth-order valence-corrected chi connectivity index (χ4v) is 1.61. The Morgan fingerprint density at radius 2 is 2.16 bits per heavy atom. The lowest BCUT2D eigenvalue weighted by Crippen LogP contribution is -2.26. The number of methoxy groups -OCH3 is 1. The Morgan fingerprint density at radius 3 is 2.79 bits per heavy atom. The zero-order valence-corrected chi connectivity index (χ0v) is 11.1. The number of hydrogen-bond acceptors (Lipinski definition) is 4. The van der Waals surface area contributed by atoms with Gasteiger partial charge in [0.15, 0.2) is 0 Å². The van der Waals surface area contributed by atoms with Gasteiger partial charge in [0.2, 0.25) is 0 Å². The Labute approximate surface area is 114 Å². The Hall–Kier alpha value is -1.82. The van der Waals surface area contributed by atoms with Gasteiger partial charge in [-0.25, -0.2) is 4.39 Å². The fraction of sp³-hybridized carbons (Fsp3) is 0.333. The number of anilines is 1. The van der Waals surface area contributed by atoms with Crippen molar-refractivity contribution in [2.75, 3.05) is 19.4 Å². The minimum Gasteiger partial charge on any atom is -0.469 e. The summed E-state index contributed by atoms with van der Waals surface area (Å²) in [4.78, 5) is 22.6. The van der Waals surface area contributed by atoms with Crippen LogP contribution in [0.2, 0.25) is 5.02 Å². The van der Waals surface area contributed by atoms with E-state index in [1.165, 1.54) is 13.2 Å². The van der Waals surface area contributed by atoms with E-state index in [1.807, 2.05) is 0 Å². The van der Waals surface area contributed by atoms with Crippen LogP contribution in [0.25, 0.3) is 0 Å². The molecule has 104 valence electrons. The van der Waals surface area contributed by atoms with Crippen LogP contribution in [0.1, 0.15) is 23.2 Å². The molecule has 1 rings (SSSR count). The third-order valence-corrected chi connectivity index (χ3v) is 2.63. The number of hydrogen-bond donors (Lipinski definition) is 2. The van der Waals surface area contributed by atoms with E-state index in [4.69, 9.17) is 17.3 Å². The van der Waals surface area contributed by atoms with Crippen LogP contribution in [-0.2, 0) is 9.53 Å². The van der Waals surface area contributed by atoms with Crippen molar-refractivity contribution < 1.29 is 18.7 Å². The molecule has 7 heteroatoms. The van der Waals surface area contributed by atoms with E-state index in [-0.39, 0.29) is 35.2 Å². The van der Waals surface area contributed by atoms with Gasteiger partial charge in [-0.2, -0.15) is 0 Å². The number of esters is 1. The van der Waals surface area contributed by atoms with E-state index in [0.717, 1.165) is 6.07 Å². The highest BCUT2D eigenvalue weighted by Gasteiger charge is 2.14. The van der Waals surface area contributed by atoms with E-state index >= 15 is 0 Å². The highest BCUT2D eigenvalue weighted by molar-refractivity contribution is 6.31. The molecule has 0 aromatic heterocycles. The highest BCUT2D eigenvalue weighted by Crippen LogP contribution is 2.21. The van der Waals surface area contributed by atoms with Gasteiger partial charge in [-0.05, 0) is 18.6 Å². The molecule has 0 bridgehead atoms. The number of amides is 1. The smallest absolute Gasteiger partial charge is 0.305 e. The molecule has 0 saturated heterocycles. The Balaban J connectivity index is 2.57. The van der Waals surface area contributed by atoms with Crippen LogP contribution >= 0.6 is 11.6 Å². The average molecular weight is 289 g/mol. The second kappa shape index (κ2) is 6.94. The number of carbonyl (C=O) groups excluding carboxylic acids is 2. The van der Waals surface area contributed by atoms with Crippen LogP contribution in [-0.4, -0.2) is 25.5 Å². The van der Waals surface area contributed by atoms with Gasteiger partial charge >= 0.3 is 5.97 Å². The standard InChI is InChI=1S/C12H14ClFN2O3/c1-19-10(17)3-2-4-16-12(18)8-5-7(13)6-9(14)11(8)15/h5-6H,2-4,15H2,1H3,(H,16,18). The summed E-state index contributed by atoms with van der Waals surface area (Å²) in [7, 11) is 1.29. The number of ether oxygens (including phenoxy) is 1. The molecule has 0 aliphatic rings. The van der Waals surface area contributed by atoms with E-state index in [2.05, 4.69) is 10.1 Å². The van der Waals surface area contributed by atoms with Crippen molar-refractivity contribution in [3.8, 4) is 0 Å². The number of nitrogens with two attached hydrogens (primary N) is 1. The van der Waals surface area contributed by atoms with Crippen LogP contribution < -0.4 is 11.1 Å². The van der Waals surface area contributed by atoms with Gasteiger partial charge < -0.3 is 15.8 Å². The zero-order valence-electron chi connectivity index (χ0n) is 10.3. The summed E-state index contributed by atoms with van der Waals surface area (Å²) in [5.74, 6) is -1.64. The third kappa shape index (κ3) is 4.40. The van der Waals surface area contributed by atoms with Crippen LogP contribution in [0.3, 0.4) is 0 Å². The summed E-state index contributed by atoms with van der Waals surface area (Å²) in [6.07, 6.45) is 0.609. The molecular formula is C12H14ClFN2O3. The molecule has 1 amide bonds. The largest absolute Gasteiger partial charge is 0.469 e. The zero-order chi connectivity index (χ0) is 14.4. The number of nitrogens with one attached hydrogen (secondary N) is 1. The van der Waals surface area contributed by atoms with Crippen LogP contribution in [0.4, 0.5) is 10.1 Å². The SMILES string of the molecule is COC(=O)CCCNC(=O)c1cc(Cl)cc(F)c1N. The Kier molecular flexibility index (Phi) is 5.57. The second-order valence-corrected chi connectivity index (χ2v) is 4.22. The Morgan fingerprint density at radius 1 is 1.47 bits per heavy atom. The van der Waals surface area contributed by atoms with Gasteiger partial charge in [0.05, 0.1) is 18.4 Å². The first-order chi connectivity index (χ1) is 8.95. The fourth-order valence-electron chi connectivity index (χ4n) is 1.40. The number of rotatable bonds is 5. The predicted molar refractivity (Wildman–Crippen MR) is 69.4 cm³/mol. The normalized spacial score (nSPS) is 10.1. The molecule has 3 N–H and O–H groups in total. The predicted octanol–water partition coefficient (Wildman–Crippen LogP) is 1.74. The van der Waals surface area contributed by atoms with Crippen molar-refractivity contribution in [3.63, 3.8) is 0 Å². The topological polar surface area (TPSA) is 81.4 Å². The van der Waals surface area contributed by atoms with Crippen molar-refractivity contribution in [1.82, 2.24) is 5.32 Å². The third-order valence-electron chi connectivity index (χ3n) is 2.41. The van der Waals surface area contributed by atoms with Gasteiger partial charge in [-0.15, -0.1) is 0 Å². The lowest BCUT2D eigenvalue weighted by Gasteiger charge is -2.08. The molecule has 5 nitrogen and oxygen atoms in total. The number of benzene rings is 1. The van der Waals surface area contributed by atoms with Crippen molar-refractivity contribution in [1.29, 1.82) is 0 Å². The average Bonchev–Trinajstić information content (AvgIpc) is 2.38. The monoisotopic (exact) mass is 288 g/mol. The second-order valence-electron chi connectivity index (χ2n) is 3.78. The summed E-state index contributed by atoms with van der Waals surface area (Å²) in [6.45, 7) is 0.251. The molecule has 0 unspecified atom stereocenters. The van der Waals surface area contributed by atoms with Gasteiger partial charge in [-0.1, -0.05) is 11.6 Å². The molecular weight excluding hydrogens is 275 g/mol. The molecule has 0 fully saturated rings. The summed E-state index contributed by atoms with van der Waals surface area (Å²) in [6, 6.07) is 2.32.